The zero-order chi connectivity index (χ0) is 14.8. The first kappa shape index (κ1) is 14.1. The zero-order valence-corrected chi connectivity index (χ0v) is 12.7. The molecule has 3 aromatic rings. The van der Waals surface area contributed by atoms with E-state index in [1.807, 2.05) is 16.8 Å². The van der Waals surface area contributed by atoms with E-state index in [9.17, 15) is 4.79 Å². The van der Waals surface area contributed by atoms with Gasteiger partial charge in [0.05, 0.1) is 10.6 Å². The summed E-state index contributed by atoms with van der Waals surface area (Å²) in [5.41, 5.74) is 1.04. The van der Waals surface area contributed by atoms with Gasteiger partial charge in [0.25, 0.3) is 11.8 Å². The van der Waals surface area contributed by atoms with Crippen LogP contribution in [0.15, 0.2) is 39.4 Å². The van der Waals surface area contributed by atoms with Crippen LogP contribution in [-0.4, -0.2) is 16.1 Å². The van der Waals surface area contributed by atoms with Crippen molar-refractivity contribution in [1.29, 1.82) is 0 Å². The Balaban J connectivity index is 1.80. The van der Waals surface area contributed by atoms with Gasteiger partial charge in [-0.1, -0.05) is 28.3 Å². The minimum atomic E-state index is -0.469. The van der Waals surface area contributed by atoms with Crippen molar-refractivity contribution < 1.29 is 9.21 Å². The molecular formula is C13H7Cl2N3O2S. The summed E-state index contributed by atoms with van der Waals surface area (Å²) < 4.78 is 5.37. The van der Waals surface area contributed by atoms with Gasteiger partial charge in [-0.25, -0.2) is 0 Å². The van der Waals surface area contributed by atoms with Crippen molar-refractivity contribution in [3.8, 4) is 11.5 Å². The van der Waals surface area contributed by atoms with Gasteiger partial charge in [0.2, 0.25) is 0 Å². The van der Waals surface area contributed by atoms with E-state index in [4.69, 9.17) is 27.6 Å². The molecule has 0 aliphatic heterocycles. The lowest BCUT2D eigenvalue weighted by Crippen LogP contribution is -2.12. The summed E-state index contributed by atoms with van der Waals surface area (Å²) >= 11 is 13.3. The first-order chi connectivity index (χ1) is 10.1. The Bertz CT molecular complexity index is 787. The fraction of sp³-hybridized carbons (Fsp3) is 0. The van der Waals surface area contributed by atoms with Crippen LogP contribution in [-0.2, 0) is 0 Å². The van der Waals surface area contributed by atoms with Crippen molar-refractivity contribution in [2.75, 3.05) is 5.32 Å². The van der Waals surface area contributed by atoms with E-state index in [0.29, 0.717) is 10.9 Å². The first-order valence-electron chi connectivity index (χ1n) is 5.76. The van der Waals surface area contributed by atoms with Crippen molar-refractivity contribution in [2.45, 2.75) is 0 Å². The molecule has 1 N–H and O–H groups in total. The number of thiophene rings is 1. The summed E-state index contributed by atoms with van der Waals surface area (Å²) in [7, 11) is 0. The Morgan fingerprint density at radius 1 is 1.24 bits per heavy atom. The predicted octanol–water partition coefficient (Wildman–Crippen LogP) is 4.36. The highest BCUT2D eigenvalue weighted by Gasteiger charge is 2.15. The Morgan fingerprint density at radius 3 is 2.86 bits per heavy atom. The highest BCUT2D eigenvalue weighted by Crippen LogP contribution is 2.24. The number of carbonyl (C=O) groups is 1. The number of hydrogen-bond acceptors (Lipinski definition) is 5. The standard InChI is InChI=1S/C13H7Cl2N3O2S/c14-8-1-2-10(15)9(5-8)11(19)16-13-18-17-12(20-13)7-3-4-21-6-7/h1-6H,(H,16,18,19). The van der Waals surface area contributed by atoms with Crippen LogP contribution in [0.25, 0.3) is 11.5 Å². The molecule has 2 aromatic heterocycles. The van der Waals surface area contributed by atoms with Gasteiger partial charge in [0.15, 0.2) is 0 Å². The monoisotopic (exact) mass is 339 g/mol. The van der Waals surface area contributed by atoms with Gasteiger partial charge < -0.3 is 4.42 Å². The van der Waals surface area contributed by atoms with Gasteiger partial charge in [-0.2, -0.15) is 11.3 Å². The fourth-order valence-corrected chi connectivity index (χ4v) is 2.62. The number of rotatable bonds is 3. The molecule has 8 heteroatoms. The molecular weight excluding hydrogens is 333 g/mol. The first-order valence-corrected chi connectivity index (χ1v) is 7.46. The molecule has 0 aliphatic rings. The second-order valence-electron chi connectivity index (χ2n) is 4.00. The lowest BCUT2D eigenvalue weighted by Gasteiger charge is -2.03. The van der Waals surface area contributed by atoms with Crippen molar-refractivity contribution in [2.24, 2.45) is 0 Å². The maximum absolute atomic E-state index is 12.1. The molecule has 5 nitrogen and oxygen atoms in total. The minimum Gasteiger partial charge on any atom is -0.403 e. The van der Waals surface area contributed by atoms with Crippen LogP contribution in [0.5, 0.6) is 0 Å². The van der Waals surface area contributed by atoms with Gasteiger partial charge in [0, 0.05) is 16.0 Å². The molecule has 2 heterocycles. The normalized spacial score (nSPS) is 10.6. The third-order valence-corrected chi connectivity index (χ3v) is 3.83. The van der Waals surface area contributed by atoms with E-state index in [-0.39, 0.29) is 16.6 Å². The summed E-state index contributed by atoms with van der Waals surface area (Å²) in [6.07, 6.45) is 0. The number of benzene rings is 1. The average molecular weight is 340 g/mol. The molecule has 106 valence electrons. The van der Waals surface area contributed by atoms with E-state index in [2.05, 4.69) is 15.5 Å². The van der Waals surface area contributed by atoms with Crippen LogP contribution < -0.4 is 5.32 Å². The largest absolute Gasteiger partial charge is 0.403 e. The molecule has 0 aliphatic carbocycles. The number of nitrogens with one attached hydrogen (secondary N) is 1. The van der Waals surface area contributed by atoms with Gasteiger partial charge in [-0.15, -0.1) is 5.10 Å². The Hall–Kier alpha value is -1.89. The molecule has 0 bridgehead atoms. The lowest BCUT2D eigenvalue weighted by molar-refractivity contribution is 0.102. The molecule has 0 fully saturated rings. The highest BCUT2D eigenvalue weighted by molar-refractivity contribution is 7.08. The van der Waals surface area contributed by atoms with Crippen molar-refractivity contribution in [1.82, 2.24) is 10.2 Å². The SMILES string of the molecule is O=C(Nc1nnc(-c2ccsc2)o1)c1cc(Cl)ccc1Cl. The summed E-state index contributed by atoms with van der Waals surface area (Å²) in [5.74, 6) is -0.133. The van der Waals surface area contributed by atoms with E-state index < -0.39 is 5.91 Å². The molecule has 0 saturated carbocycles. The quantitative estimate of drug-likeness (QED) is 0.769. The number of hydrogen-bond donors (Lipinski definition) is 1. The van der Waals surface area contributed by atoms with Crippen LogP contribution in [0.3, 0.4) is 0 Å². The average Bonchev–Trinajstić information content (AvgIpc) is 3.11. The third-order valence-electron chi connectivity index (χ3n) is 2.59. The summed E-state index contributed by atoms with van der Waals surface area (Å²) in [6, 6.07) is 6.45. The number of anilines is 1. The molecule has 0 spiro atoms. The summed E-state index contributed by atoms with van der Waals surface area (Å²) in [5, 5.41) is 14.6. The minimum absolute atomic E-state index is 0.00255. The molecule has 0 radical (unpaired) electrons. The van der Waals surface area contributed by atoms with Gasteiger partial charge in [-0.3, -0.25) is 10.1 Å². The number of halogens is 2. The maximum atomic E-state index is 12.1. The molecule has 1 aromatic carbocycles. The van der Waals surface area contributed by atoms with E-state index >= 15 is 0 Å². The van der Waals surface area contributed by atoms with Crippen molar-refractivity contribution in [3.63, 3.8) is 0 Å². The topological polar surface area (TPSA) is 68.0 Å². The van der Waals surface area contributed by atoms with Gasteiger partial charge in [0.1, 0.15) is 0 Å². The molecule has 0 atom stereocenters. The Labute approximate surface area is 133 Å². The van der Waals surface area contributed by atoms with E-state index in [1.54, 1.807) is 12.1 Å². The summed E-state index contributed by atoms with van der Waals surface area (Å²) in [6.45, 7) is 0. The molecule has 21 heavy (non-hydrogen) atoms. The van der Waals surface area contributed by atoms with Crippen LogP contribution in [0, 0.1) is 0 Å². The predicted molar refractivity (Wildman–Crippen MR) is 82.0 cm³/mol. The van der Waals surface area contributed by atoms with Crippen LogP contribution >= 0.6 is 34.5 Å². The fourth-order valence-electron chi connectivity index (χ4n) is 1.61. The van der Waals surface area contributed by atoms with Crippen LogP contribution in [0.1, 0.15) is 10.4 Å². The van der Waals surface area contributed by atoms with Gasteiger partial charge >= 0.3 is 6.01 Å². The zero-order valence-electron chi connectivity index (χ0n) is 10.3. The molecule has 0 saturated heterocycles. The van der Waals surface area contributed by atoms with Crippen LogP contribution in [0.4, 0.5) is 6.01 Å². The summed E-state index contributed by atoms with van der Waals surface area (Å²) in [4.78, 5) is 12.1. The highest BCUT2D eigenvalue weighted by atomic mass is 35.5. The second kappa shape index (κ2) is 5.85. The molecule has 1 amide bonds. The maximum Gasteiger partial charge on any atom is 0.322 e. The van der Waals surface area contributed by atoms with Gasteiger partial charge in [-0.05, 0) is 29.6 Å². The number of amides is 1. The Morgan fingerprint density at radius 2 is 2.10 bits per heavy atom. The van der Waals surface area contributed by atoms with Crippen LogP contribution in [0.2, 0.25) is 10.0 Å². The number of carbonyl (C=O) groups excluding carboxylic acids is 1. The van der Waals surface area contributed by atoms with E-state index in [1.165, 1.54) is 17.4 Å². The lowest BCUT2D eigenvalue weighted by atomic mass is 10.2. The Kier molecular flexibility index (Phi) is 3.92. The van der Waals surface area contributed by atoms with Crippen molar-refractivity contribution >= 4 is 46.5 Å². The smallest absolute Gasteiger partial charge is 0.322 e. The molecule has 3 rings (SSSR count). The number of aromatic nitrogens is 2. The second-order valence-corrected chi connectivity index (χ2v) is 5.63. The number of nitrogens with zero attached hydrogens (tertiary/aromatic N) is 2. The van der Waals surface area contributed by atoms with Crippen molar-refractivity contribution in [3.05, 3.63) is 50.6 Å². The third kappa shape index (κ3) is 3.07. The van der Waals surface area contributed by atoms with E-state index in [0.717, 1.165) is 5.56 Å². The molecule has 0 unspecified atom stereocenters.